The molecular formula is C22H24N4O2. The summed E-state index contributed by atoms with van der Waals surface area (Å²) in [7, 11) is 0. The van der Waals surface area contributed by atoms with E-state index in [2.05, 4.69) is 22.2 Å². The minimum absolute atomic E-state index is 0.00713. The molecule has 3 aromatic rings. The van der Waals surface area contributed by atoms with Crippen molar-refractivity contribution in [2.75, 3.05) is 13.1 Å². The zero-order valence-electron chi connectivity index (χ0n) is 16.2. The lowest BCUT2D eigenvalue weighted by molar-refractivity contribution is -0.0588. The van der Waals surface area contributed by atoms with Gasteiger partial charge in [-0.3, -0.25) is 4.79 Å². The van der Waals surface area contributed by atoms with Crippen LogP contribution < -0.4 is 0 Å². The van der Waals surface area contributed by atoms with Crippen LogP contribution in [0.4, 0.5) is 0 Å². The molecule has 2 atom stereocenters. The largest absolute Gasteiger partial charge is 0.372 e. The number of hydrogen-bond acceptors (Lipinski definition) is 4. The van der Waals surface area contributed by atoms with E-state index in [9.17, 15) is 4.79 Å². The molecule has 2 unspecified atom stereocenters. The van der Waals surface area contributed by atoms with Gasteiger partial charge in [-0.05, 0) is 31.5 Å². The Bertz CT molecular complexity index is 930. The number of ether oxygens (including phenoxy) is 1. The molecule has 2 aromatic carbocycles. The second-order valence-electron chi connectivity index (χ2n) is 7.23. The molecular weight excluding hydrogens is 352 g/mol. The quantitative estimate of drug-likeness (QED) is 0.702. The number of hydrogen-bond donors (Lipinski definition) is 0. The molecule has 0 spiro atoms. The zero-order valence-corrected chi connectivity index (χ0v) is 16.2. The van der Waals surface area contributed by atoms with E-state index in [4.69, 9.17) is 4.74 Å². The standard InChI is InChI=1S/C22H24N4O2/c1-16-14-25(15-17(2)28-16)22(27)21-23-20(13-18-9-5-3-6-10-18)26(24-21)19-11-7-4-8-12-19/h3-12,16-17H,13-15H2,1-2H3. The number of amides is 1. The van der Waals surface area contributed by atoms with Gasteiger partial charge in [-0.1, -0.05) is 48.5 Å². The van der Waals surface area contributed by atoms with Crippen LogP contribution in [-0.2, 0) is 11.2 Å². The summed E-state index contributed by atoms with van der Waals surface area (Å²) in [6, 6.07) is 19.9. The molecule has 144 valence electrons. The molecule has 0 radical (unpaired) electrons. The van der Waals surface area contributed by atoms with Crippen molar-refractivity contribution in [1.29, 1.82) is 0 Å². The molecule has 4 rings (SSSR count). The first-order chi connectivity index (χ1) is 13.6. The van der Waals surface area contributed by atoms with E-state index in [1.807, 2.05) is 62.4 Å². The third-order valence-corrected chi connectivity index (χ3v) is 4.78. The Balaban J connectivity index is 1.67. The molecule has 6 nitrogen and oxygen atoms in total. The maximum Gasteiger partial charge on any atom is 0.293 e. The van der Waals surface area contributed by atoms with Gasteiger partial charge >= 0.3 is 0 Å². The van der Waals surface area contributed by atoms with Crippen LogP contribution in [-0.4, -0.2) is 50.9 Å². The third-order valence-electron chi connectivity index (χ3n) is 4.78. The first-order valence-electron chi connectivity index (χ1n) is 9.60. The van der Waals surface area contributed by atoms with E-state index in [0.717, 1.165) is 17.1 Å². The van der Waals surface area contributed by atoms with Crippen molar-refractivity contribution in [1.82, 2.24) is 19.7 Å². The Morgan fingerprint density at radius 1 is 1.00 bits per heavy atom. The summed E-state index contributed by atoms with van der Waals surface area (Å²) < 4.78 is 7.51. The van der Waals surface area contributed by atoms with Gasteiger partial charge in [-0.15, -0.1) is 5.10 Å². The van der Waals surface area contributed by atoms with E-state index in [-0.39, 0.29) is 23.9 Å². The fourth-order valence-corrected chi connectivity index (χ4v) is 3.59. The number of carbonyl (C=O) groups is 1. The fraction of sp³-hybridized carbons (Fsp3) is 0.318. The third kappa shape index (κ3) is 3.97. The van der Waals surface area contributed by atoms with Gasteiger partial charge < -0.3 is 9.64 Å². The lowest BCUT2D eigenvalue weighted by Gasteiger charge is -2.34. The number of aromatic nitrogens is 3. The van der Waals surface area contributed by atoms with Gasteiger partial charge in [0, 0.05) is 19.5 Å². The number of nitrogens with zero attached hydrogens (tertiary/aromatic N) is 4. The minimum atomic E-state index is -0.147. The van der Waals surface area contributed by atoms with Crippen LogP contribution in [0.25, 0.3) is 5.69 Å². The number of rotatable bonds is 4. The summed E-state index contributed by atoms with van der Waals surface area (Å²) >= 11 is 0. The van der Waals surface area contributed by atoms with Gasteiger partial charge in [0.25, 0.3) is 5.91 Å². The summed E-state index contributed by atoms with van der Waals surface area (Å²) in [6.45, 7) is 5.06. The molecule has 1 aliphatic rings. The second-order valence-corrected chi connectivity index (χ2v) is 7.23. The first kappa shape index (κ1) is 18.4. The Morgan fingerprint density at radius 3 is 2.25 bits per heavy atom. The normalized spacial score (nSPS) is 19.6. The molecule has 0 N–H and O–H groups in total. The molecule has 1 aromatic heterocycles. The lowest BCUT2D eigenvalue weighted by atomic mass is 10.1. The van der Waals surface area contributed by atoms with E-state index < -0.39 is 0 Å². The average molecular weight is 376 g/mol. The Labute approximate surface area is 164 Å². The Kier molecular flexibility index (Phi) is 5.21. The van der Waals surface area contributed by atoms with Crippen molar-refractivity contribution in [3.8, 4) is 5.69 Å². The van der Waals surface area contributed by atoms with Crippen LogP contribution in [0.2, 0.25) is 0 Å². The highest BCUT2D eigenvalue weighted by Gasteiger charge is 2.29. The highest BCUT2D eigenvalue weighted by Crippen LogP contribution is 2.17. The first-order valence-corrected chi connectivity index (χ1v) is 9.60. The zero-order chi connectivity index (χ0) is 19.5. The van der Waals surface area contributed by atoms with Crippen molar-refractivity contribution in [3.63, 3.8) is 0 Å². The summed E-state index contributed by atoms with van der Waals surface area (Å²) in [5.74, 6) is 0.831. The van der Waals surface area contributed by atoms with Gasteiger partial charge in [0.15, 0.2) is 0 Å². The molecule has 0 aliphatic carbocycles. The fourth-order valence-electron chi connectivity index (χ4n) is 3.59. The summed E-state index contributed by atoms with van der Waals surface area (Å²) in [6.07, 6.45) is 0.617. The molecule has 1 saturated heterocycles. The van der Waals surface area contributed by atoms with Crippen molar-refractivity contribution in [2.24, 2.45) is 0 Å². The van der Waals surface area contributed by atoms with E-state index in [1.54, 1.807) is 9.58 Å². The topological polar surface area (TPSA) is 60.2 Å². The van der Waals surface area contributed by atoms with Gasteiger partial charge in [-0.25, -0.2) is 9.67 Å². The maximum absolute atomic E-state index is 13.1. The summed E-state index contributed by atoms with van der Waals surface area (Å²) in [5.41, 5.74) is 2.02. The van der Waals surface area contributed by atoms with Crippen LogP contribution >= 0.6 is 0 Å². The highest BCUT2D eigenvalue weighted by molar-refractivity contribution is 5.90. The van der Waals surface area contributed by atoms with E-state index >= 15 is 0 Å². The van der Waals surface area contributed by atoms with Gasteiger partial charge in [0.2, 0.25) is 5.82 Å². The number of para-hydroxylation sites is 1. The number of benzene rings is 2. The van der Waals surface area contributed by atoms with Gasteiger partial charge in [0.05, 0.1) is 17.9 Å². The summed E-state index contributed by atoms with van der Waals surface area (Å²) in [5, 5.41) is 4.58. The number of carbonyl (C=O) groups excluding carboxylic acids is 1. The van der Waals surface area contributed by atoms with Crippen molar-refractivity contribution in [3.05, 3.63) is 77.9 Å². The molecule has 0 saturated carbocycles. The summed E-state index contributed by atoms with van der Waals surface area (Å²) in [4.78, 5) is 19.5. The maximum atomic E-state index is 13.1. The average Bonchev–Trinajstić information content (AvgIpc) is 3.12. The number of morpholine rings is 1. The molecule has 1 aliphatic heterocycles. The molecule has 1 amide bonds. The van der Waals surface area contributed by atoms with Gasteiger partial charge in [0.1, 0.15) is 5.82 Å². The van der Waals surface area contributed by atoms with Crippen molar-refractivity contribution >= 4 is 5.91 Å². The Hall–Kier alpha value is -2.99. The van der Waals surface area contributed by atoms with Crippen molar-refractivity contribution < 1.29 is 9.53 Å². The van der Waals surface area contributed by atoms with Crippen LogP contribution in [0.3, 0.4) is 0 Å². The molecule has 0 bridgehead atoms. The monoisotopic (exact) mass is 376 g/mol. The molecule has 1 fully saturated rings. The molecule has 2 heterocycles. The van der Waals surface area contributed by atoms with Crippen molar-refractivity contribution in [2.45, 2.75) is 32.5 Å². The van der Waals surface area contributed by atoms with Crippen LogP contribution in [0.5, 0.6) is 0 Å². The Morgan fingerprint density at radius 2 is 1.61 bits per heavy atom. The van der Waals surface area contributed by atoms with E-state index in [1.165, 1.54) is 0 Å². The van der Waals surface area contributed by atoms with Crippen LogP contribution in [0.1, 0.15) is 35.9 Å². The minimum Gasteiger partial charge on any atom is -0.372 e. The SMILES string of the molecule is CC1CN(C(=O)c2nc(Cc3ccccc3)n(-c3ccccc3)n2)CC(C)O1. The smallest absolute Gasteiger partial charge is 0.293 e. The van der Waals surface area contributed by atoms with E-state index in [0.29, 0.717) is 19.5 Å². The highest BCUT2D eigenvalue weighted by atomic mass is 16.5. The van der Waals surface area contributed by atoms with Gasteiger partial charge in [-0.2, -0.15) is 0 Å². The second kappa shape index (κ2) is 7.94. The molecule has 6 heteroatoms. The molecule has 28 heavy (non-hydrogen) atoms. The lowest BCUT2D eigenvalue weighted by Crippen LogP contribution is -2.48. The van der Waals surface area contributed by atoms with Crippen LogP contribution in [0, 0.1) is 0 Å². The predicted octanol–water partition coefficient (Wildman–Crippen LogP) is 3.11. The van der Waals surface area contributed by atoms with Crippen LogP contribution in [0.15, 0.2) is 60.7 Å². The predicted molar refractivity (Wildman–Crippen MR) is 107 cm³/mol.